The number of nitrogens with one attached hydrogen (secondary N) is 2. The fourth-order valence-corrected chi connectivity index (χ4v) is 5.11. The van der Waals surface area contributed by atoms with Crippen LogP contribution in [-0.4, -0.2) is 43.2 Å². The van der Waals surface area contributed by atoms with Crippen LogP contribution < -0.4 is 25.8 Å². The van der Waals surface area contributed by atoms with Gasteiger partial charge in [0.25, 0.3) is 11.8 Å². The molecule has 0 aromatic heterocycles. The number of hydrogen-bond donors (Lipinski definition) is 4. The van der Waals surface area contributed by atoms with Crippen molar-refractivity contribution in [2.45, 2.75) is 38.5 Å². The Kier molecular flexibility index (Phi) is 9.25. The van der Waals surface area contributed by atoms with E-state index in [1.807, 2.05) is 31.2 Å². The first-order valence-corrected chi connectivity index (χ1v) is 14.0. The second kappa shape index (κ2) is 13.4. The summed E-state index contributed by atoms with van der Waals surface area (Å²) >= 11 is 0. The molecular formula is C32H35N3O7. The minimum absolute atomic E-state index is 0.0427. The highest BCUT2D eigenvalue weighted by Gasteiger charge is 2.38. The van der Waals surface area contributed by atoms with Crippen molar-refractivity contribution in [2.24, 2.45) is 5.92 Å². The SMILES string of the molecule is CCO[C@@H]1OC(C(=O)NCc2ccc(C(=O)Nc3ccccc3N)cc2)=C[C@H](c2ccc3c(c2)OCO3)[C@H]1CCCO. The molecule has 3 aromatic rings. The van der Waals surface area contributed by atoms with Crippen LogP contribution in [0.3, 0.4) is 0 Å². The van der Waals surface area contributed by atoms with Crippen LogP contribution in [-0.2, 0) is 20.8 Å². The lowest BCUT2D eigenvalue weighted by molar-refractivity contribution is -0.166. The Balaban J connectivity index is 1.29. The number of aliphatic hydroxyl groups excluding tert-OH is 1. The molecule has 220 valence electrons. The molecule has 3 aromatic carbocycles. The molecule has 42 heavy (non-hydrogen) atoms. The molecule has 2 amide bonds. The lowest BCUT2D eigenvalue weighted by Gasteiger charge is -2.37. The first kappa shape index (κ1) is 29.0. The number of allylic oxidation sites excluding steroid dienone is 1. The van der Waals surface area contributed by atoms with E-state index in [2.05, 4.69) is 10.6 Å². The van der Waals surface area contributed by atoms with Crippen molar-refractivity contribution >= 4 is 23.2 Å². The average molecular weight is 574 g/mol. The number of hydrogen-bond acceptors (Lipinski definition) is 8. The monoisotopic (exact) mass is 573 g/mol. The van der Waals surface area contributed by atoms with E-state index in [0.29, 0.717) is 47.9 Å². The molecule has 2 aliphatic heterocycles. The van der Waals surface area contributed by atoms with Crippen LogP contribution >= 0.6 is 0 Å². The molecule has 0 saturated heterocycles. The van der Waals surface area contributed by atoms with Crippen molar-refractivity contribution in [3.8, 4) is 11.5 Å². The number of carbonyl (C=O) groups excluding carboxylic acids is 2. The summed E-state index contributed by atoms with van der Waals surface area (Å²) in [5, 5.41) is 15.2. The molecule has 0 unspecified atom stereocenters. The number of rotatable bonds is 11. The third-order valence-electron chi connectivity index (χ3n) is 7.29. The van der Waals surface area contributed by atoms with Gasteiger partial charge < -0.3 is 40.4 Å². The van der Waals surface area contributed by atoms with Gasteiger partial charge in [0.2, 0.25) is 13.1 Å². The molecule has 5 rings (SSSR count). The number of carbonyl (C=O) groups is 2. The summed E-state index contributed by atoms with van der Waals surface area (Å²) in [6.07, 6.45) is 2.36. The van der Waals surface area contributed by atoms with E-state index in [0.717, 1.165) is 11.1 Å². The molecule has 10 nitrogen and oxygen atoms in total. The van der Waals surface area contributed by atoms with Gasteiger partial charge in [-0.15, -0.1) is 0 Å². The van der Waals surface area contributed by atoms with Crippen LogP contribution in [0.2, 0.25) is 0 Å². The molecule has 0 saturated carbocycles. The van der Waals surface area contributed by atoms with Crippen molar-refractivity contribution in [3.05, 3.63) is 95.3 Å². The van der Waals surface area contributed by atoms with Crippen LogP contribution in [0, 0.1) is 5.92 Å². The van der Waals surface area contributed by atoms with Gasteiger partial charge in [-0.1, -0.05) is 30.3 Å². The van der Waals surface area contributed by atoms with E-state index in [1.54, 1.807) is 48.5 Å². The first-order valence-electron chi connectivity index (χ1n) is 14.0. The van der Waals surface area contributed by atoms with Gasteiger partial charge in [-0.05, 0) is 73.4 Å². The predicted octanol–water partition coefficient (Wildman–Crippen LogP) is 4.32. The Morgan fingerprint density at radius 3 is 2.57 bits per heavy atom. The van der Waals surface area contributed by atoms with Crippen LogP contribution in [0.5, 0.6) is 11.5 Å². The van der Waals surface area contributed by atoms with E-state index >= 15 is 0 Å². The zero-order chi connectivity index (χ0) is 29.5. The van der Waals surface area contributed by atoms with Crippen LogP contribution in [0.1, 0.15) is 47.2 Å². The van der Waals surface area contributed by atoms with E-state index in [-0.39, 0.29) is 49.4 Å². The highest BCUT2D eigenvalue weighted by atomic mass is 16.7. The number of anilines is 2. The van der Waals surface area contributed by atoms with Crippen molar-refractivity contribution in [3.63, 3.8) is 0 Å². The number of benzene rings is 3. The van der Waals surface area contributed by atoms with E-state index in [4.69, 9.17) is 24.7 Å². The average Bonchev–Trinajstić information content (AvgIpc) is 3.48. The first-order chi connectivity index (χ1) is 20.5. The molecular weight excluding hydrogens is 538 g/mol. The van der Waals surface area contributed by atoms with Gasteiger partial charge in [-0.25, -0.2) is 0 Å². The number of para-hydroxylation sites is 2. The maximum absolute atomic E-state index is 13.3. The number of aliphatic hydroxyl groups is 1. The molecule has 2 heterocycles. The molecule has 10 heteroatoms. The fraction of sp³-hybridized carbons (Fsp3) is 0.312. The number of ether oxygens (including phenoxy) is 4. The Morgan fingerprint density at radius 1 is 1.02 bits per heavy atom. The third-order valence-corrected chi connectivity index (χ3v) is 7.29. The summed E-state index contributed by atoms with van der Waals surface area (Å²) in [5.41, 5.74) is 9.16. The number of nitrogen functional groups attached to an aromatic ring is 1. The van der Waals surface area contributed by atoms with Crippen LogP contribution in [0.15, 0.2) is 78.6 Å². The van der Waals surface area contributed by atoms with Gasteiger partial charge in [-0.3, -0.25) is 9.59 Å². The number of amides is 2. The zero-order valence-electron chi connectivity index (χ0n) is 23.4. The standard InChI is InChI=1S/C32H35N3O7/c1-2-39-32-23(6-5-15-36)24(22-13-14-27-28(16-22)41-19-40-27)17-29(42-32)31(38)34-18-20-9-11-21(12-10-20)30(37)35-26-8-4-3-7-25(26)33/h3-4,7-14,16-17,23-24,32,36H,2,5-6,15,18-19,33H2,1H3,(H,34,38)(H,35,37)/t23-,24-,32-/m1/s1. The Bertz CT molecular complexity index is 1440. The molecule has 0 bridgehead atoms. The smallest absolute Gasteiger partial charge is 0.286 e. The third kappa shape index (κ3) is 6.67. The zero-order valence-corrected chi connectivity index (χ0v) is 23.4. The summed E-state index contributed by atoms with van der Waals surface area (Å²) in [4.78, 5) is 25.9. The molecule has 0 aliphatic carbocycles. The lowest BCUT2D eigenvalue weighted by atomic mass is 9.80. The van der Waals surface area contributed by atoms with Crippen molar-refractivity contribution in [1.82, 2.24) is 5.32 Å². The summed E-state index contributed by atoms with van der Waals surface area (Å²) in [6, 6.07) is 19.7. The van der Waals surface area contributed by atoms with Gasteiger partial charge in [0.15, 0.2) is 17.3 Å². The second-order valence-corrected chi connectivity index (χ2v) is 10.1. The highest BCUT2D eigenvalue weighted by Crippen LogP contribution is 2.42. The van der Waals surface area contributed by atoms with Crippen LogP contribution in [0.25, 0.3) is 0 Å². The van der Waals surface area contributed by atoms with Gasteiger partial charge >= 0.3 is 0 Å². The fourth-order valence-electron chi connectivity index (χ4n) is 5.11. The minimum atomic E-state index is -0.667. The minimum Gasteiger partial charge on any atom is -0.459 e. The topological polar surface area (TPSA) is 141 Å². The molecule has 0 spiro atoms. The molecule has 2 aliphatic rings. The van der Waals surface area contributed by atoms with Crippen molar-refractivity contribution < 1.29 is 33.6 Å². The summed E-state index contributed by atoms with van der Waals surface area (Å²) in [5.74, 6) is 0.481. The van der Waals surface area contributed by atoms with Gasteiger partial charge in [0.1, 0.15) is 0 Å². The largest absolute Gasteiger partial charge is 0.459 e. The summed E-state index contributed by atoms with van der Waals surface area (Å²) in [6.45, 7) is 2.72. The van der Waals surface area contributed by atoms with E-state index in [1.165, 1.54) is 0 Å². The Hall–Kier alpha value is -4.54. The molecule has 5 N–H and O–H groups in total. The van der Waals surface area contributed by atoms with E-state index in [9.17, 15) is 14.7 Å². The predicted molar refractivity (Wildman–Crippen MR) is 157 cm³/mol. The van der Waals surface area contributed by atoms with Crippen molar-refractivity contribution in [1.29, 1.82) is 0 Å². The molecule has 3 atom stereocenters. The molecule has 0 fully saturated rings. The normalized spacial score (nSPS) is 19.0. The van der Waals surface area contributed by atoms with Gasteiger partial charge in [0, 0.05) is 37.2 Å². The van der Waals surface area contributed by atoms with Crippen molar-refractivity contribution in [2.75, 3.05) is 31.1 Å². The lowest BCUT2D eigenvalue weighted by Crippen LogP contribution is -2.39. The number of fused-ring (bicyclic) bond motifs is 1. The highest BCUT2D eigenvalue weighted by molar-refractivity contribution is 6.05. The molecule has 0 radical (unpaired) electrons. The summed E-state index contributed by atoms with van der Waals surface area (Å²) < 4.78 is 23.1. The summed E-state index contributed by atoms with van der Waals surface area (Å²) in [7, 11) is 0. The Morgan fingerprint density at radius 2 is 1.81 bits per heavy atom. The van der Waals surface area contributed by atoms with E-state index < -0.39 is 6.29 Å². The maximum Gasteiger partial charge on any atom is 0.286 e. The van der Waals surface area contributed by atoms with Crippen LogP contribution in [0.4, 0.5) is 11.4 Å². The quantitative estimate of drug-likeness (QED) is 0.249. The van der Waals surface area contributed by atoms with Gasteiger partial charge in [-0.2, -0.15) is 0 Å². The van der Waals surface area contributed by atoms with Gasteiger partial charge in [0.05, 0.1) is 11.4 Å². The second-order valence-electron chi connectivity index (χ2n) is 10.1. The Labute approximate surface area is 244 Å². The number of nitrogens with two attached hydrogens (primary N) is 1. The maximum atomic E-state index is 13.3.